The maximum atomic E-state index is 12.3. The Morgan fingerprint density at radius 3 is 2.50 bits per heavy atom. The van der Waals surface area contributed by atoms with E-state index in [0.29, 0.717) is 5.69 Å². The van der Waals surface area contributed by atoms with Gasteiger partial charge in [-0.15, -0.1) is 0 Å². The van der Waals surface area contributed by atoms with Gasteiger partial charge in [-0.1, -0.05) is 42.1 Å². The van der Waals surface area contributed by atoms with Gasteiger partial charge in [-0.25, -0.2) is 0 Å². The molecule has 0 radical (unpaired) electrons. The molecular formula is C18H14N2O3S. The van der Waals surface area contributed by atoms with E-state index < -0.39 is 11.5 Å². The summed E-state index contributed by atoms with van der Waals surface area (Å²) in [4.78, 5) is 27.8. The van der Waals surface area contributed by atoms with E-state index in [1.54, 1.807) is 6.07 Å². The number of H-pyrrole nitrogens is 1. The van der Waals surface area contributed by atoms with Crippen LogP contribution in [0.4, 0.5) is 5.69 Å². The van der Waals surface area contributed by atoms with Gasteiger partial charge >= 0.3 is 0 Å². The first-order valence-corrected chi connectivity index (χ1v) is 8.00. The van der Waals surface area contributed by atoms with Gasteiger partial charge in [0.15, 0.2) is 0 Å². The molecule has 0 aliphatic rings. The molecule has 0 unspecified atom stereocenters. The van der Waals surface area contributed by atoms with Crippen LogP contribution in [0.3, 0.4) is 0 Å². The lowest BCUT2D eigenvalue weighted by Gasteiger charge is -2.11. The third-order valence-corrected chi connectivity index (χ3v) is 4.34. The molecule has 1 amide bonds. The summed E-state index contributed by atoms with van der Waals surface area (Å²) in [6.45, 7) is 0. The SMILES string of the molecule is O=C(Nc1ccccc1Sc1ccccc1)c1c[nH]c(=O)cc1O. The molecule has 2 aromatic carbocycles. The molecule has 0 saturated carbocycles. The highest BCUT2D eigenvalue weighted by molar-refractivity contribution is 7.99. The second kappa shape index (κ2) is 7.06. The molecule has 24 heavy (non-hydrogen) atoms. The number of aromatic amines is 1. The second-order valence-corrected chi connectivity index (χ2v) is 6.08. The van der Waals surface area contributed by atoms with E-state index >= 15 is 0 Å². The van der Waals surface area contributed by atoms with Crippen molar-refractivity contribution in [3.63, 3.8) is 0 Å². The summed E-state index contributed by atoms with van der Waals surface area (Å²) >= 11 is 1.52. The Bertz CT molecular complexity index is 923. The van der Waals surface area contributed by atoms with Crippen molar-refractivity contribution in [1.29, 1.82) is 0 Å². The average Bonchev–Trinajstić information content (AvgIpc) is 2.57. The van der Waals surface area contributed by atoms with Crippen LogP contribution in [0.15, 0.2) is 81.4 Å². The largest absolute Gasteiger partial charge is 0.507 e. The smallest absolute Gasteiger partial charge is 0.260 e. The predicted octanol–water partition coefficient (Wildman–Crippen LogP) is 3.48. The Labute approximate surface area is 142 Å². The zero-order valence-corrected chi connectivity index (χ0v) is 13.3. The van der Waals surface area contributed by atoms with Crippen molar-refractivity contribution in [3.05, 3.63) is 82.8 Å². The van der Waals surface area contributed by atoms with Crippen molar-refractivity contribution in [1.82, 2.24) is 4.98 Å². The number of para-hydroxylation sites is 1. The summed E-state index contributed by atoms with van der Waals surface area (Å²) in [6.07, 6.45) is 1.19. The highest BCUT2D eigenvalue weighted by Crippen LogP contribution is 2.33. The van der Waals surface area contributed by atoms with E-state index in [9.17, 15) is 14.7 Å². The normalized spacial score (nSPS) is 10.3. The quantitative estimate of drug-likeness (QED) is 0.680. The van der Waals surface area contributed by atoms with Crippen molar-refractivity contribution in [3.8, 4) is 5.75 Å². The van der Waals surface area contributed by atoms with Gasteiger partial charge in [-0.3, -0.25) is 9.59 Å². The number of carbonyl (C=O) groups is 1. The number of rotatable bonds is 4. The fourth-order valence-corrected chi connectivity index (χ4v) is 3.03. The average molecular weight is 338 g/mol. The van der Waals surface area contributed by atoms with E-state index in [4.69, 9.17) is 0 Å². The molecule has 3 N–H and O–H groups in total. The van der Waals surface area contributed by atoms with Gasteiger partial charge in [0.25, 0.3) is 11.5 Å². The zero-order chi connectivity index (χ0) is 16.9. The predicted molar refractivity (Wildman–Crippen MR) is 93.7 cm³/mol. The van der Waals surface area contributed by atoms with Crippen molar-refractivity contribution >= 4 is 23.4 Å². The van der Waals surface area contributed by atoms with Crippen molar-refractivity contribution in [2.75, 3.05) is 5.32 Å². The van der Waals surface area contributed by atoms with Crippen LogP contribution >= 0.6 is 11.8 Å². The summed E-state index contributed by atoms with van der Waals surface area (Å²) in [5.74, 6) is -0.852. The minimum absolute atomic E-state index is 0.00844. The highest BCUT2D eigenvalue weighted by atomic mass is 32.2. The molecule has 0 fully saturated rings. The minimum Gasteiger partial charge on any atom is -0.507 e. The highest BCUT2D eigenvalue weighted by Gasteiger charge is 2.14. The van der Waals surface area contributed by atoms with Crippen LogP contribution in [0, 0.1) is 0 Å². The van der Waals surface area contributed by atoms with Crippen LogP contribution < -0.4 is 10.9 Å². The Morgan fingerprint density at radius 1 is 1.04 bits per heavy atom. The number of amides is 1. The molecule has 0 spiro atoms. The van der Waals surface area contributed by atoms with Crippen LogP contribution in [0.5, 0.6) is 5.75 Å². The molecule has 5 nitrogen and oxygen atoms in total. The van der Waals surface area contributed by atoms with Crippen LogP contribution in [0.25, 0.3) is 0 Å². The van der Waals surface area contributed by atoms with Crippen LogP contribution in [0.2, 0.25) is 0 Å². The lowest BCUT2D eigenvalue weighted by molar-refractivity contribution is 0.102. The van der Waals surface area contributed by atoms with Gasteiger partial charge < -0.3 is 15.4 Å². The molecule has 6 heteroatoms. The molecule has 0 bridgehead atoms. The molecule has 1 aromatic heterocycles. The maximum Gasteiger partial charge on any atom is 0.260 e. The van der Waals surface area contributed by atoms with Crippen LogP contribution in [-0.4, -0.2) is 16.0 Å². The fraction of sp³-hybridized carbons (Fsp3) is 0. The summed E-state index contributed by atoms with van der Waals surface area (Å²) < 4.78 is 0. The molecule has 0 aliphatic heterocycles. The number of aromatic nitrogens is 1. The van der Waals surface area contributed by atoms with Crippen molar-refractivity contribution in [2.24, 2.45) is 0 Å². The number of carbonyl (C=O) groups excluding carboxylic acids is 1. The number of nitrogens with one attached hydrogen (secondary N) is 2. The first-order chi connectivity index (χ1) is 11.6. The third-order valence-electron chi connectivity index (χ3n) is 3.25. The lowest BCUT2D eigenvalue weighted by atomic mass is 10.2. The molecule has 1 heterocycles. The summed E-state index contributed by atoms with van der Waals surface area (Å²) in [5, 5.41) is 12.5. The first kappa shape index (κ1) is 15.9. The fourth-order valence-electron chi connectivity index (χ4n) is 2.11. The molecule has 0 saturated heterocycles. The first-order valence-electron chi connectivity index (χ1n) is 7.18. The number of anilines is 1. The lowest BCUT2D eigenvalue weighted by Crippen LogP contribution is -2.15. The molecule has 3 aromatic rings. The Kier molecular flexibility index (Phi) is 4.67. The second-order valence-electron chi connectivity index (χ2n) is 4.96. The van der Waals surface area contributed by atoms with Gasteiger partial charge in [0.1, 0.15) is 5.75 Å². The van der Waals surface area contributed by atoms with Crippen LogP contribution in [-0.2, 0) is 0 Å². The number of benzene rings is 2. The summed E-state index contributed by atoms with van der Waals surface area (Å²) in [5.41, 5.74) is 0.167. The van der Waals surface area contributed by atoms with Gasteiger partial charge in [-0.05, 0) is 24.3 Å². The molecular weight excluding hydrogens is 324 g/mol. The number of aromatic hydroxyl groups is 1. The monoisotopic (exact) mass is 338 g/mol. The number of hydrogen-bond donors (Lipinski definition) is 3. The third kappa shape index (κ3) is 3.67. The number of hydrogen-bond acceptors (Lipinski definition) is 4. The Morgan fingerprint density at radius 2 is 1.75 bits per heavy atom. The summed E-state index contributed by atoms with van der Waals surface area (Å²) in [7, 11) is 0. The Balaban J connectivity index is 1.85. The zero-order valence-electron chi connectivity index (χ0n) is 12.5. The maximum absolute atomic E-state index is 12.3. The standard InChI is InChI=1S/C18H14N2O3S/c21-15-10-17(22)19-11-13(15)18(23)20-14-8-4-5-9-16(14)24-12-6-2-1-3-7-12/h1-11H,(H,20,23)(H2,19,21,22). The topological polar surface area (TPSA) is 82.2 Å². The molecule has 0 atom stereocenters. The van der Waals surface area contributed by atoms with Gasteiger partial charge in [0.05, 0.1) is 11.3 Å². The van der Waals surface area contributed by atoms with Gasteiger partial charge in [-0.2, -0.15) is 0 Å². The van der Waals surface area contributed by atoms with E-state index in [1.165, 1.54) is 18.0 Å². The molecule has 3 rings (SSSR count). The van der Waals surface area contributed by atoms with Gasteiger partial charge in [0, 0.05) is 22.1 Å². The summed E-state index contributed by atoms with van der Waals surface area (Å²) in [6, 6.07) is 18.2. The minimum atomic E-state index is -0.495. The van der Waals surface area contributed by atoms with Crippen molar-refractivity contribution in [2.45, 2.75) is 9.79 Å². The molecule has 0 aliphatic carbocycles. The van der Waals surface area contributed by atoms with E-state index in [1.807, 2.05) is 48.5 Å². The Hall–Kier alpha value is -2.99. The van der Waals surface area contributed by atoms with E-state index in [2.05, 4.69) is 10.3 Å². The van der Waals surface area contributed by atoms with Gasteiger partial charge in [0.2, 0.25) is 0 Å². The van der Waals surface area contributed by atoms with Crippen LogP contribution in [0.1, 0.15) is 10.4 Å². The molecule has 120 valence electrons. The van der Waals surface area contributed by atoms with E-state index in [0.717, 1.165) is 15.9 Å². The van der Waals surface area contributed by atoms with E-state index in [-0.39, 0.29) is 11.3 Å². The number of pyridine rings is 1. The van der Waals surface area contributed by atoms with Crippen molar-refractivity contribution < 1.29 is 9.90 Å².